The van der Waals surface area contributed by atoms with Crippen molar-refractivity contribution in [1.82, 2.24) is 4.98 Å². The van der Waals surface area contributed by atoms with Gasteiger partial charge in [0.2, 0.25) is 0 Å². The van der Waals surface area contributed by atoms with E-state index in [0.29, 0.717) is 12.3 Å². The Morgan fingerprint density at radius 1 is 0.709 bits per heavy atom. The number of aliphatic imine (C=N–C) groups is 1. The minimum absolute atomic E-state index is 0. The van der Waals surface area contributed by atoms with Gasteiger partial charge in [-0.2, -0.15) is 5.71 Å². The number of unbranched alkanes of at least 4 members (excludes halogenated alkanes) is 8. The summed E-state index contributed by atoms with van der Waals surface area (Å²) < 4.78 is 16.3. The summed E-state index contributed by atoms with van der Waals surface area (Å²) in [5.41, 5.74) is 2.49. The van der Waals surface area contributed by atoms with Crippen LogP contribution in [0.3, 0.4) is 0 Å². The molecule has 310 valence electrons. The van der Waals surface area contributed by atoms with E-state index in [4.69, 9.17) is 13.3 Å². The Kier molecular flexibility index (Phi) is 47.1. The third-order valence-electron chi connectivity index (χ3n) is 7.52. The molecule has 0 bridgehead atoms. The van der Waals surface area contributed by atoms with Gasteiger partial charge in [-0.3, -0.25) is 4.99 Å². The van der Waals surface area contributed by atoms with E-state index in [1.54, 1.807) is 26.1 Å². The summed E-state index contributed by atoms with van der Waals surface area (Å²) in [6, 6.07) is 26.3. The van der Waals surface area contributed by atoms with Crippen LogP contribution in [-0.2, 0) is 30.1 Å². The van der Waals surface area contributed by atoms with E-state index >= 15 is 0 Å². The third-order valence-corrected chi connectivity index (χ3v) is 11.3. The van der Waals surface area contributed by atoms with Gasteiger partial charge in [0.05, 0.1) is 18.0 Å². The van der Waals surface area contributed by atoms with Crippen LogP contribution in [0.25, 0.3) is 5.41 Å². The molecule has 9 heteroatoms. The summed E-state index contributed by atoms with van der Waals surface area (Å²) in [5.74, 6) is 0. The van der Waals surface area contributed by atoms with Crippen molar-refractivity contribution < 1.29 is 30.1 Å². The Bertz CT molecular complexity index is 1260. The maximum Gasteiger partial charge on any atom is 2.00 e. The van der Waals surface area contributed by atoms with Crippen LogP contribution in [0.4, 0.5) is 0 Å². The first-order valence-corrected chi connectivity index (χ1v) is 23.2. The number of benzene rings is 2. The van der Waals surface area contributed by atoms with E-state index in [1.807, 2.05) is 57.7 Å². The van der Waals surface area contributed by atoms with E-state index in [-0.39, 0.29) is 29.9 Å². The molecular weight excluding hydrogens is 758 g/mol. The maximum absolute atomic E-state index is 9.22. The zero-order chi connectivity index (χ0) is 40.0. The SMILES string of the molecule is C=CCCCCCC.C=CCO[Si](c1ccccc1)c1ccccc1.CCCCCCC.CCO[SiH](C)OCC.CN=C(C)c1cccc(C(C)=[N-])n1.[CH3-].[Co+2]. The van der Waals surface area contributed by atoms with Crippen LogP contribution >= 0.6 is 0 Å². The minimum atomic E-state index is -1.20. The largest absolute Gasteiger partial charge is 2.00 e. The number of pyridine rings is 1. The average molecular weight is 834 g/mol. The van der Waals surface area contributed by atoms with Gasteiger partial charge in [0.1, 0.15) is 0 Å². The molecule has 0 N–H and O–H groups in total. The summed E-state index contributed by atoms with van der Waals surface area (Å²) in [5, 5.41) is 11.8. The predicted octanol–water partition coefficient (Wildman–Crippen LogP) is 11.4. The Morgan fingerprint density at radius 2 is 1.16 bits per heavy atom. The second kappa shape index (κ2) is 44.0. The smallest absolute Gasteiger partial charge is 0.806 e. The Morgan fingerprint density at radius 3 is 1.55 bits per heavy atom. The van der Waals surface area contributed by atoms with Gasteiger partial charge in [-0.05, 0) is 62.7 Å². The standard InChI is InChI=1S/C15H15OSi.C10H12N3.C8H16.C7H16.C5H14O2Si.CH3.Co/c1-2-13-16-17(14-9-5-3-6-10-14)15-11-7-4-8-12-15;1-7(11)9-5-4-6-10(13-9)8(2)12-3;1-3-5-7-8-6-4-2;1-3-5-7-6-4-2;1-4-6-8(3)7-5-2;;/h2-12H,1,13H2;4-6H,1-3H3;3H,1,4-8H2,2H3;3-7H2,1-2H3;8H,4-5H2,1-3H3;1H3;/q;-1;;;;-1;+2. The van der Waals surface area contributed by atoms with E-state index in [1.165, 1.54) is 74.6 Å². The zero-order valence-electron chi connectivity index (χ0n) is 36.2. The fourth-order valence-electron chi connectivity index (χ4n) is 4.52. The second-order valence-corrected chi connectivity index (χ2v) is 16.0. The predicted molar refractivity (Wildman–Crippen MR) is 246 cm³/mol. The van der Waals surface area contributed by atoms with Crippen molar-refractivity contribution in [2.45, 2.75) is 119 Å². The van der Waals surface area contributed by atoms with Crippen molar-refractivity contribution in [1.29, 1.82) is 0 Å². The molecule has 1 heterocycles. The van der Waals surface area contributed by atoms with Gasteiger partial charge in [0.25, 0.3) is 9.04 Å². The molecule has 0 aliphatic carbocycles. The minimum Gasteiger partial charge on any atom is -0.806 e. The summed E-state index contributed by atoms with van der Waals surface area (Å²) in [7, 11) is -0.614. The van der Waals surface area contributed by atoms with Crippen LogP contribution in [-0.4, -0.2) is 61.6 Å². The molecule has 0 amide bonds. The van der Waals surface area contributed by atoms with Crippen LogP contribution in [0, 0.1) is 7.43 Å². The molecule has 0 fully saturated rings. The van der Waals surface area contributed by atoms with Crippen LogP contribution < -0.4 is 10.4 Å². The quantitative estimate of drug-likeness (QED) is 0.0374. The molecule has 0 saturated heterocycles. The van der Waals surface area contributed by atoms with Gasteiger partial charge in [-0.25, -0.2) is 4.98 Å². The van der Waals surface area contributed by atoms with Crippen LogP contribution in [0.5, 0.6) is 0 Å². The van der Waals surface area contributed by atoms with Crippen LogP contribution in [0.2, 0.25) is 6.55 Å². The fourth-order valence-corrected chi connectivity index (χ4v) is 7.49. The fraction of sp³-hybridized carbons (Fsp3) is 0.478. The monoisotopic (exact) mass is 833 g/mol. The molecule has 1 aromatic heterocycles. The molecular formula is C46H76CoN3O3Si2. The molecule has 0 unspecified atom stereocenters. The first-order valence-electron chi connectivity index (χ1n) is 19.7. The van der Waals surface area contributed by atoms with E-state index in [9.17, 15) is 5.41 Å². The van der Waals surface area contributed by atoms with E-state index in [0.717, 1.165) is 24.6 Å². The van der Waals surface area contributed by atoms with Gasteiger partial charge in [-0.1, -0.05) is 158 Å². The summed E-state index contributed by atoms with van der Waals surface area (Å²) in [6.45, 7) is 25.8. The summed E-state index contributed by atoms with van der Waals surface area (Å²) in [6.07, 6.45) is 17.4. The first kappa shape index (κ1) is 58.9. The molecule has 2 radical (unpaired) electrons. The van der Waals surface area contributed by atoms with Gasteiger partial charge in [-0.15, -0.1) is 13.2 Å². The van der Waals surface area contributed by atoms with Gasteiger partial charge < -0.3 is 26.1 Å². The van der Waals surface area contributed by atoms with Crippen molar-refractivity contribution in [2.75, 3.05) is 26.9 Å². The molecule has 2 aromatic carbocycles. The number of hydrogen-bond donors (Lipinski definition) is 0. The molecule has 6 nitrogen and oxygen atoms in total. The van der Waals surface area contributed by atoms with Gasteiger partial charge in [0.15, 0.2) is 0 Å². The van der Waals surface area contributed by atoms with Gasteiger partial charge >= 0.3 is 26.1 Å². The summed E-state index contributed by atoms with van der Waals surface area (Å²) in [4.78, 5) is 8.25. The molecule has 0 atom stereocenters. The molecule has 0 saturated carbocycles. The number of hydrogen-bond acceptors (Lipinski definition) is 5. The van der Waals surface area contributed by atoms with Crippen molar-refractivity contribution in [3.8, 4) is 0 Å². The second-order valence-electron chi connectivity index (χ2n) is 12.1. The summed E-state index contributed by atoms with van der Waals surface area (Å²) >= 11 is 0. The van der Waals surface area contributed by atoms with E-state index < -0.39 is 18.3 Å². The third kappa shape index (κ3) is 34.2. The molecule has 3 aromatic rings. The zero-order valence-corrected chi connectivity index (χ0v) is 39.4. The molecule has 3 rings (SSSR count). The molecule has 0 aliphatic rings. The van der Waals surface area contributed by atoms with Crippen molar-refractivity contribution in [3.63, 3.8) is 0 Å². The molecule has 0 aliphatic heterocycles. The first-order chi connectivity index (χ1) is 25.7. The number of aromatic nitrogens is 1. The van der Waals surface area contributed by atoms with Crippen molar-refractivity contribution >= 4 is 40.1 Å². The van der Waals surface area contributed by atoms with Crippen LogP contribution in [0.1, 0.15) is 124 Å². The number of rotatable bonds is 20. The maximum atomic E-state index is 9.22. The topological polar surface area (TPSA) is 75.2 Å². The van der Waals surface area contributed by atoms with E-state index in [2.05, 4.69) is 92.4 Å². The Hall–Kier alpha value is -2.77. The molecule has 0 spiro atoms. The number of allylic oxidation sites excluding steroid dienone is 1. The number of nitrogens with zero attached hydrogens (tertiary/aromatic N) is 3. The van der Waals surface area contributed by atoms with Crippen LogP contribution in [0.15, 0.2) is 109 Å². The van der Waals surface area contributed by atoms with Crippen molar-refractivity contribution in [3.05, 3.63) is 128 Å². The van der Waals surface area contributed by atoms with Crippen molar-refractivity contribution in [2.24, 2.45) is 4.99 Å². The Labute approximate surface area is 353 Å². The average Bonchev–Trinajstić information content (AvgIpc) is 3.19. The molecule has 55 heavy (non-hydrogen) atoms. The van der Waals surface area contributed by atoms with Gasteiger partial charge in [0, 0.05) is 26.0 Å². The Balaban J connectivity index is -0.000000308. The normalized spacial score (nSPS) is 9.98.